The van der Waals surface area contributed by atoms with E-state index in [2.05, 4.69) is 15.0 Å². The van der Waals surface area contributed by atoms with Gasteiger partial charge in [-0.2, -0.15) is 5.10 Å². The van der Waals surface area contributed by atoms with E-state index in [9.17, 15) is 4.79 Å². The number of aromatic nitrogens is 3. The molecule has 0 N–H and O–H groups in total. The smallest absolute Gasteiger partial charge is 0.224 e. The summed E-state index contributed by atoms with van der Waals surface area (Å²) in [4.78, 5) is 21.1. The standard InChI is InChI=1S/C18H25N5O/c1-15-8-12-23(20-15)13-9-18(24)21(2)16-6-5-11-22(14-16)17-7-3-4-10-19-17/h3-4,7-8,10,12,16H,5-6,9,11,13-14H2,1-2H3/t16-/m1/s1. The number of rotatable bonds is 5. The molecule has 2 aromatic rings. The Balaban J connectivity index is 1.55. The van der Waals surface area contributed by atoms with Gasteiger partial charge in [0.15, 0.2) is 0 Å². The number of pyridine rings is 1. The number of amides is 1. The fourth-order valence-corrected chi connectivity index (χ4v) is 3.20. The van der Waals surface area contributed by atoms with Gasteiger partial charge in [0.05, 0.1) is 5.69 Å². The van der Waals surface area contributed by atoms with E-state index in [0.29, 0.717) is 13.0 Å². The number of hydrogen-bond donors (Lipinski definition) is 0. The van der Waals surface area contributed by atoms with Crippen LogP contribution >= 0.6 is 0 Å². The maximum Gasteiger partial charge on any atom is 0.224 e. The Morgan fingerprint density at radius 2 is 2.25 bits per heavy atom. The molecule has 0 bridgehead atoms. The van der Waals surface area contributed by atoms with Crippen LogP contribution < -0.4 is 4.90 Å². The molecule has 1 amide bonds. The van der Waals surface area contributed by atoms with Crippen molar-refractivity contribution in [3.63, 3.8) is 0 Å². The summed E-state index contributed by atoms with van der Waals surface area (Å²) in [5.74, 6) is 1.17. The summed E-state index contributed by atoms with van der Waals surface area (Å²) in [6.07, 6.45) is 6.35. The van der Waals surface area contributed by atoms with E-state index in [0.717, 1.165) is 37.4 Å². The Hall–Kier alpha value is -2.37. The van der Waals surface area contributed by atoms with Crippen LogP contribution in [0, 0.1) is 6.92 Å². The first kappa shape index (κ1) is 16.5. The van der Waals surface area contributed by atoms with Crippen LogP contribution in [0.5, 0.6) is 0 Å². The molecule has 1 fully saturated rings. The van der Waals surface area contributed by atoms with Gasteiger partial charge in [0.2, 0.25) is 5.91 Å². The number of anilines is 1. The number of aryl methyl sites for hydroxylation is 2. The van der Waals surface area contributed by atoms with E-state index in [4.69, 9.17) is 0 Å². The molecule has 1 saturated heterocycles. The molecule has 1 aliphatic rings. The third-order valence-electron chi connectivity index (χ3n) is 4.64. The van der Waals surface area contributed by atoms with Gasteiger partial charge in [0.25, 0.3) is 0 Å². The second kappa shape index (κ2) is 7.47. The maximum atomic E-state index is 12.5. The molecule has 24 heavy (non-hydrogen) atoms. The minimum absolute atomic E-state index is 0.177. The van der Waals surface area contributed by atoms with Crippen molar-refractivity contribution in [2.45, 2.75) is 38.8 Å². The number of carbonyl (C=O) groups is 1. The molecule has 1 aliphatic heterocycles. The highest BCUT2D eigenvalue weighted by Crippen LogP contribution is 2.20. The van der Waals surface area contributed by atoms with Crippen LogP contribution in [-0.2, 0) is 11.3 Å². The van der Waals surface area contributed by atoms with Crippen molar-refractivity contribution in [1.82, 2.24) is 19.7 Å². The summed E-state index contributed by atoms with van der Waals surface area (Å²) in [7, 11) is 1.92. The first-order valence-corrected chi connectivity index (χ1v) is 8.55. The zero-order chi connectivity index (χ0) is 16.9. The minimum atomic E-state index is 0.177. The van der Waals surface area contributed by atoms with E-state index >= 15 is 0 Å². The third kappa shape index (κ3) is 3.93. The number of likely N-dealkylation sites (N-methyl/N-ethyl adjacent to an activating group) is 1. The first-order valence-electron chi connectivity index (χ1n) is 8.55. The summed E-state index contributed by atoms with van der Waals surface area (Å²) < 4.78 is 1.84. The van der Waals surface area contributed by atoms with Gasteiger partial charge in [-0.3, -0.25) is 9.48 Å². The van der Waals surface area contributed by atoms with Gasteiger partial charge in [0, 0.05) is 51.5 Å². The molecule has 1 atom stereocenters. The lowest BCUT2D eigenvalue weighted by Crippen LogP contribution is -2.49. The Morgan fingerprint density at radius 1 is 1.38 bits per heavy atom. The van der Waals surface area contributed by atoms with Crippen molar-refractivity contribution >= 4 is 11.7 Å². The molecule has 6 nitrogen and oxygen atoms in total. The van der Waals surface area contributed by atoms with Crippen molar-refractivity contribution < 1.29 is 4.79 Å². The highest BCUT2D eigenvalue weighted by molar-refractivity contribution is 5.76. The van der Waals surface area contributed by atoms with Gasteiger partial charge in [-0.15, -0.1) is 0 Å². The molecule has 0 spiro atoms. The molecule has 3 rings (SSSR count). The predicted octanol–water partition coefficient (Wildman–Crippen LogP) is 2.10. The van der Waals surface area contributed by atoms with Crippen LogP contribution in [0.3, 0.4) is 0 Å². The van der Waals surface area contributed by atoms with E-state index in [1.807, 2.05) is 60.2 Å². The van der Waals surface area contributed by atoms with Gasteiger partial charge in [0.1, 0.15) is 5.82 Å². The maximum absolute atomic E-state index is 12.5. The van der Waals surface area contributed by atoms with Crippen molar-refractivity contribution in [3.05, 3.63) is 42.4 Å². The van der Waals surface area contributed by atoms with Crippen LogP contribution in [0.2, 0.25) is 0 Å². The average Bonchev–Trinajstić information content (AvgIpc) is 3.05. The summed E-state index contributed by atoms with van der Waals surface area (Å²) >= 11 is 0. The van der Waals surface area contributed by atoms with Crippen LogP contribution in [-0.4, -0.2) is 51.8 Å². The summed E-state index contributed by atoms with van der Waals surface area (Å²) in [5.41, 5.74) is 0.981. The second-order valence-electron chi connectivity index (χ2n) is 6.40. The summed E-state index contributed by atoms with van der Waals surface area (Å²) in [5, 5.41) is 4.34. The molecule has 0 saturated carbocycles. The highest BCUT2D eigenvalue weighted by atomic mass is 16.2. The van der Waals surface area contributed by atoms with Crippen LogP contribution in [0.15, 0.2) is 36.7 Å². The molecular formula is C18H25N5O. The molecule has 128 valence electrons. The lowest BCUT2D eigenvalue weighted by atomic mass is 10.0. The predicted molar refractivity (Wildman–Crippen MR) is 93.8 cm³/mol. The van der Waals surface area contributed by atoms with Crippen molar-refractivity contribution in [3.8, 4) is 0 Å². The molecule has 6 heteroatoms. The topological polar surface area (TPSA) is 54.3 Å². The fraction of sp³-hybridized carbons (Fsp3) is 0.500. The number of nitrogens with zero attached hydrogens (tertiary/aromatic N) is 5. The molecule has 3 heterocycles. The highest BCUT2D eigenvalue weighted by Gasteiger charge is 2.26. The van der Waals surface area contributed by atoms with E-state index < -0.39 is 0 Å². The largest absolute Gasteiger partial charge is 0.355 e. The summed E-state index contributed by atoms with van der Waals surface area (Å²) in [6, 6.07) is 8.17. The lowest BCUT2D eigenvalue weighted by molar-refractivity contribution is -0.132. The van der Waals surface area contributed by atoms with Crippen LogP contribution in [0.1, 0.15) is 25.0 Å². The van der Waals surface area contributed by atoms with Gasteiger partial charge in [-0.25, -0.2) is 4.98 Å². The van der Waals surface area contributed by atoms with E-state index in [1.165, 1.54) is 0 Å². The number of hydrogen-bond acceptors (Lipinski definition) is 4. The second-order valence-corrected chi connectivity index (χ2v) is 6.40. The monoisotopic (exact) mass is 327 g/mol. The SMILES string of the molecule is Cc1ccn(CCC(=O)N(C)[C@@H]2CCCN(c3ccccn3)C2)n1. The minimum Gasteiger partial charge on any atom is -0.355 e. The van der Waals surface area contributed by atoms with Crippen LogP contribution in [0.4, 0.5) is 5.82 Å². The summed E-state index contributed by atoms with van der Waals surface area (Å²) in [6.45, 7) is 4.44. The van der Waals surface area contributed by atoms with Gasteiger partial charge < -0.3 is 9.80 Å². The third-order valence-corrected chi connectivity index (χ3v) is 4.64. The molecule has 0 radical (unpaired) electrons. The lowest BCUT2D eigenvalue weighted by Gasteiger charge is -2.38. The Bertz CT molecular complexity index is 669. The number of carbonyl (C=O) groups excluding carboxylic acids is 1. The Kier molecular flexibility index (Phi) is 5.13. The Labute approximate surface area is 143 Å². The molecule has 2 aromatic heterocycles. The van der Waals surface area contributed by atoms with E-state index in [1.54, 1.807) is 0 Å². The normalized spacial score (nSPS) is 17.8. The molecule has 0 aromatic carbocycles. The van der Waals surface area contributed by atoms with E-state index in [-0.39, 0.29) is 11.9 Å². The average molecular weight is 327 g/mol. The quantitative estimate of drug-likeness (QED) is 0.844. The zero-order valence-electron chi connectivity index (χ0n) is 14.4. The van der Waals surface area contributed by atoms with Crippen LogP contribution in [0.25, 0.3) is 0 Å². The number of piperidine rings is 1. The van der Waals surface area contributed by atoms with Gasteiger partial charge in [-0.1, -0.05) is 6.07 Å². The molecule has 0 unspecified atom stereocenters. The molecule has 0 aliphatic carbocycles. The first-order chi connectivity index (χ1) is 11.6. The zero-order valence-corrected chi connectivity index (χ0v) is 14.4. The fourth-order valence-electron chi connectivity index (χ4n) is 3.20. The molecular weight excluding hydrogens is 302 g/mol. The van der Waals surface area contributed by atoms with Crippen molar-refractivity contribution in [2.75, 3.05) is 25.0 Å². The van der Waals surface area contributed by atoms with Crippen molar-refractivity contribution in [2.24, 2.45) is 0 Å². The Morgan fingerprint density at radius 3 is 2.96 bits per heavy atom. The van der Waals surface area contributed by atoms with Gasteiger partial charge >= 0.3 is 0 Å². The van der Waals surface area contributed by atoms with Crippen molar-refractivity contribution in [1.29, 1.82) is 0 Å². The van der Waals surface area contributed by atoms with Gasteiger partial charge in [-0.05, 0) is 38.0 Å².